The summed E-state index contributed by atoms with van der Waals surface area (Å²) in [5.74, 6) is -1.05. The molecule has 2 N–H and O–H groups in total. The summed E-state index contributed by atoms with van der Waals surface area (Å²) >= 11 is 0. The van der Waals surface area contributed by atoms with E-state index in [1.807, 2.05) is 19.9 Å². The Bertz CT molecular complexity index is 988. The molecular formula is C23H28FN3O3. The number of aromatic nitrogens is 1. The van der Waals surface area contributed by atoms with Gasteiger partial charge in [0.25, 0.3) is 5.56 Å². The predicted octanol–water partition coefficient (Wildman–Crippen LogP) is 2.16. The zero-order valence-electron chi connectivity index (χ0n) is 17.3. The van der Waals surface area contributed by atoms with E-state index in [0.717, 1.165) is 18.7 Å². The molecule has 6 nitrogen and oxygen atoms in total. The van der Waals surface area contributed by atoms with Crippen molar-refractivity contribution in [1.29, 1.82) is 0 Å². The van der Waals surface area contributed by atoms with Crippen LogP contribution in [0.5, 0.6) is 0 Å². The van der Waals surface area contributed by atoms with Crippen LogP contribution >= 0.6 is 0 Å². The maximum atomic E-state index is 13.3. The smallest absolute Gasteiger partial charge is 0.258 e. The van der Waals surface area contributed by atoms with Gasteiger partial charge < -0.3 is 15.0 Å². The summed E-state index contributed by atoms with van der Waals surface area (Å²) in [6.45, 7) is 5.69. The molecule has 0 spiro atoms. The van der Waals surface area contributed by atoms with Gasteiger partial charge in [-0.05, 0) is 42.8 Å². The van der Waals surface area contributed by atoms with Crippen molar-refractivity contribution in [3.63, 3.8) is 0 Å². The molecule has 1 fully saturated rings. The average molecular weight is 413 g/mol. The van der Waals surface area contributed by atoms with Gasteiger partial charge in [0.05, 0.1) is 12.0 Å². The first-order chi connectivity index (χ1) is 14.5. The van der Waals surface area contributed by atoms with Crippen molar-refractivity contribution in [3.8, 4) is 11.1 Å². The first kappa shape index (κ1) is 20.8. The van der Waals surface area contributed by atoms with Gasteiger partial charge >= 0.3 is 0 Å². The topological polar surface area (TPSA) is 74.6 Å². The molecule has 1 saturated heterocycles. The number of halogens is 1. The van der Waals surface area contributed by atoms with Gasteiger partial charge in [-0.15, -0.1) is 0 Å². The first-order valence-electron chi connectivity index (χ1n) is 10.7. The molecule has 160 valence electrons. The van der Waals surface area contributed by atoms with Crippen LogP contribution in [-0.4, -0.2) is 46.2 Å². The molecule has 0 saturated carbocycles. The number of hydrogen-bond acceptors (Lipinski definition) is 4. The highest BCUT2D eigenvalue weighted by Crippen LogP contribution is 2.48. The van der Waals surface area contributed by atoms with Crippen LogP contribution in [0, 0.1) is 17.7 Å². The fourth-order valence-corrected chi connectivity index (χ4v) is 5.17. The van der Waals surface area contributed by atoms with Crippen LogP contribution in [0.4, 0.5) is 4.39 Å². The van der Waals surface area contributed by atoms with E-state index in [-0.39, 0.29) is 41.9 Å². The Kier molecular flexibility index (Phi) is 5.75. The van der Waals surface area contributed by atoms with Crippen molar-refractivity contribution < 1.29 is 14.3 Å². The van der Waals surface area contributed by atoms with Gasteiger partial charge in [0.15, 0.2) is 0 Å². The number of hydrogen-bond donors (Lipinski definition) is 2. The van der Waals surface area contributed by atoms with Crippen molar-refractivity contribution in [3.05, 3.63) is 58.3 Å². The number of nitrogens with one attached hydrogen (secondary N) is 1. The second-order valence-corrected chi connectivity index (χ2v) is 8.10. The third kappa shape index (κ3) is 3.26. The molecule has 0 unspecified atom stereocenters. The number of carbonyl (C=O) groups is 1. The molecule has 2 aromatic rings. The van der Waals surface area contributed by atoms with E-state index < -0.39 is 5.92 Å². The summed E-state index contributed by atoms with van der Waals surface area (Å²) in [4.78, 5) is 28.6. The van der Waals surface area contributed by atoms with E-state index in [4.69, 9.17) is 0 Å². The molecule has 2 aliphatic rings. The fourth-order valence-electron chi connectivity index (χ4n) is 5.17. The standard InChI is InChI=1S/C23H28FN3O3/c1-3-11-25-22(29)20-17(13-28)19-12-27-18(21(20)26(19)4-2)10-9-16(23(27)30)14-5-7-15(24)8-6-14/h5-10,17,19-21,28H,3-4,11-13H2,1-2H3,(H,25,29)/t17-,19-,20+,21+/m1/s1. The number of nitrogens with zero attached hydrogens (tertiary/aromatic N) is 2. The number of amides is 1. The molecule has 2 aliphatic heterocycles. The summed E-state index contributed by atoms with van der Waals surface area (Å²) < 4.78 is 15.1. The summed E-state index contributed by atoms with van der Waals surface area (Å²) in [6, 6.07) is 9.23. The minimum atomic E-state index is -0.406. The molecular weight excluding hydrogens is 385 g/mol. The molecule has 1 amide bonds. The number of benzene rings is 1. The Morgan fingerprint density at radius 3 is 2.57 bits per heavy atom. The lowest BCUT2D eigenvalue weighted by atomic mass is 9.86. The lowest BCUT2D eigenvalue weighted by Gasteiger charge is -2.37. The fraction of sp³-hybridized carbons (Fsp3) is 0.478. The normalized spacial score (nSPS) is 25.2. The number of likely N-dealkylation sites (N-methyl/N-ethyl adjacent to an activating group) is 1. The van der Waals surface area contributed by atoms with Gasteiger partial charge in [-0.1, -0.05) is 26.0 Å². The molecule has 0 aliphatic carbocycles. The van der Waals surface area contributed by atoms with Gasteiger partial charge in [0.2, 0.25) is 5.91 Å². The summed E-state index contributed by atoms with van der Waals surface area (Å²) in [6.07, 6.45) is 0.838. The van der Waals surface area contributed by atoms with E-state index in [9.17, 15) is 19.1 Å². The van der Waals surface area contributed by atoms with Crippen molar-refractivity contribution in [1.82, 2.24) is 14.8 Å². The molecule has 7 heteroatoms. The van der Waals surface area contributed by atoms with Gasteiger partial charge in [-0.2, -0.15) is 0 Å². The van der Waals surface area contributed by atoms with Crippen LogP contribution in [0.1, 0.15) is 32.0 Å². The van der Waals surface area contributed by atoms with E-state index in [0.29, 0.717) is 24.2 Å². The van der Waals surface area contributed by atoms with Crippen molar-refractivity contribution in [2.45, 2.75) is 38.9 Å². The Labute approximate surface area is 175 Å². The van der Waals surface area contributed by atoms with E-state index in [2.05, 4.69) is 10.2 Å². The average Bonchev–Trinajstić information content (AvgIpc) is 2.99. The molecule has 4 atom stereocenters. The summed E-state index contributed by atoms with van der Waals surface area (Å²) in [5.41, 5.74) is 1.83. The molecule has 30 heavy (non-hydrogen) atoms. The first-order valence-corrected chi connectivity index (χ1v) is 10.7. The van der Waals surface area contributed by atoms with Crippen LogP contribution in [0.2, 0.25) is 0 Å². The molecule has 1 aromatic heterocycles. The molecule has 2 bridgehead atoms. The number of carbonyl (C=O) groups excluding carboxylic acids is 1. The lowest BCUT2D eigenvalue weighted by molar-refractivity contribution is -0.127. The second-order valence-electron chi connectivity index (χ2n) is 8.10. The van der Waals surface area contributed by atoms with E-state index >= 15 is 0 Å². The Balaban J connectivity index is 1.80. The van der Waals surface area contributed by atoms with Crippen LogP contribution in [0.25, 0.3) is 11.1 Å². The zero-order chi connectivity index (χ0) is 21.4. The Morgan fingerprint density at radius 2 is 1.93 bits per heavy atom. The van der Waals surface area contributed by atoms with E-state index in [1.165, 1.54) is 12.1 Å². The number of rotatable bonds is 6. The third-order valence-corrected chi connectivity index (χ3v) is 6.54. The maximum Gasteiger partial charge on any atom is 0.258 e. The lowest BCUT2D eigenvalue weighted by Crippen LogP contribution is -2.46. The highest BCUT2D eigenvalue weighted by molar-refractivity contribution is 5.80. The predicted molar refractivity (Wildman–Crippen MR) is 112 cm³/mol. The minimum absolute atomic E-state index is 0.0645. The summed E-state index contributed by atoms with van der Waals surface area (Å²) in [7, 11) is 0. The van der Waals surface area contributed by atoms with Gasteiger partial charge in [-0.25, -0.2) is 4.39 Å². The number of fused-ring (bicyclic) bond motifs is 4. The number of aliphatic hydroxyl groups excluding tert-OH is 1. The molecule has 3 heterocycles. The zero-order valence-corrected chi connectivity index (χ0v) is 17.3. The molecule has 1 aromatic carbocycles. The highest BCUT2D eigenvalue weighted by Gasteiger charge is 2.55. The SMILES string of the molecule is CCCNC(=O)[C@H]1[C@H](CO)[C@H]2Cn3c(ccc(-c4ccc(F)cc4)c3=O)[C@@H]1N2CC. The van der Waals surface area contributed by atoms with Crippen molar-refractivity contribution in [2.75, 3.05) is 19.7 Å². The highest BCUT2D eigenvalue weighted by atomic mass is 19.1. The van der Waals surface area contributed by atoms with Crippen LogP contribution < -0.4 is 10.9 Å². The molecule has 4 rings (SSSR count). The summed E-state index contributed by atoms with van der Waals surface area (Å²) in [5, 5.41) is 13.1. The largest absolute Gasteiger partial charge is 0.396 e. The Hall–Kier alpha value is -2.51. The Morgan fingerprint density at radius 1 is 1.20 bits per heavy atom. The third-order valence-electron chi connectivity index (χ3n) is 6.54. The number of pyridine rings is 1. The van der Waals surface area contributed by atoms with Gasteiger partial charge in [-0.3, -0.25) is 14.5 Å². The maximum absolute atomic E-state index is 13.3. The quantitative estimate of drug-likeness (QED) is 0.761. The molecule has 0 radical (unpaired) electrons. The minimum Gasteiger partial charge on any atom is -0.396 e. The van der Waals surface area contributed by atoms with Crippen molar-refractivity contribution in [2.24, 2.45) is 11.8 Å². The van der Waals surface area contributed by atoms with Crippen molar-refractivity contribution >= 4 is 5.91 Å². The monoisotopic (exact) mass is 413 g/mol. The van der Waals surface area contributed by atoms with Crippen LogP contribution in [0.3, 0.4) is 0 Å². The second kappa shape index (κ2) is 8.32. The van der Waals surface area contributed by atoms with E-state index in [1.54, 1.807) is 22.8 Å². The number of aliphatic hydroxyl groups is 1. The van der Waals surface area contributed by atoms with Gasteiger partial charge in [0.1, 0.15) is 5.82 Å². The van der Waals surface area contributed by atoms with Crippen LogP contribution in [-0.2, 0) is 11.3 Å². The van der Waals surface area contributed by atoms with Crippen LogP contribution in [0.15, 0.2) is 41.2 Å². The van der Waals surface area contributed by atoms with Gasteiger partial charge in [0, 0.05) is 42.9 Å².